The molecule has 0 saturated carbocycles. The van der Waals surface area contributed by atoms with Gasteiger partial charge in [-0.1, -0.05) is 12.1 Å². The van der Waals surface area contributed by atoms with Gasteiger partial charge >= 0.3 is 6.18 Å². The van der Waals surface area contributed by atoms with Gasteiger partial charge in [-0.25, -0.2) is 0 Å². The predicted octanol–water partition coefficient (Wildman–Crippen LogP) is 4.14. The predicted molar refractivity (Wildman–Crippen MR) is 111 cm³/mol. The Morgan fingerprint density at radius 1 is 1.33 bits per heavy atom. The lowest BCUT2D eigenvalue weighted by molar-refractivity contribution is -0.137. The summed E-state index contributed by atoms with van der Waals surface area (Å²) < 4.78 is 40.4. The number of hydrogen-bond donors (Lipinski definition) is 2. The Morgan fingerprint density at radius 3 is 2.67 bits per heavy atom. The van der Waals surface area contributed by atoms with E-state index in [0.29, 0.717) is 31.2 Å². The van der Waals surface area contributed by atoms with Crippen LogP contribution < -0.4 is 10.6 Å². The van der Waals surface area contributed by atoms with Crippen LogP contribution in [0, 0.1) is 6.92 Å². The normalized spacial score (nSPS) is 13.0. The lowest BCUT2D eigenvalue weighted by atomic mass is 10.1. The standard InChI is InChI=1S/C18H24F3N5.HI/c1-4-22-17(23-8-9-26-12-13(2)11-24-26)25-14(3)15-6-5-7-16(10-15)18(19,20)21;/h5-7,10-12,14H,4,8-9H2,1-3H3,(H2,22,23,25);1H. The first-order valence-electron chi connectivity index (χ1n) is 8.50. The molecule has 0 aliphatic carbocycles. The Labute approximate surface area is 174 Å². The first kappa shape index (κ1) is 23.3. The summed E-state index contributed by atoms with van der Waals surface area (Å²) in [7, 11) is 0. The highest BCUT2D eigenvalue weighted by Crippen LogP contribution is 2.30. The smallest absolute Gasteiger partial charge is 0.357 e. The van der Waals surface area contributed by atoms with Crippen LogP contribution in [0.4, 0.5) is 13.2 Å². The maximum absolute atomic E-state index is 12.9. The van der Waals surface area contributed by atoms with Gasteiger partial charge in [0.25, 0.3) is 0 Å². The van der Waals surface area contributed by atoms with E-state index in [9.17, 15) is 13.2 Å². The highest BCUT2D eigenvalue weighted by atomic mass is 127. The van der Waals surface area contributed by atoms with E-state index in [1.807, 2.05) is 20.0 Å². The molecular formula is C18H25F3IN5. The van der Waals surface area contributed by atoms with E-state index in [0.717, 1.165) is 17.7 Å². The summed E-state index contributed by atoms with van der Waals surface area (Å²) in [5.74, 6) is 0.557. The van der Waals surface area contributed by atoms with Gasteiger partial charge in [-0.15, -0.1) is 24.0 Å². The van der Waals surface area contributed by atoms with Crippen molar-refractivity contribution in [1.82, 2.24) is 20.4 Å². The average molecular weight is 495 g/mol. The number of hydrogen-bond acceptors (Lipinski definition) is 2. The van der Waals surface area contributed by atoms with Crippen LogP contribution in [0.15, 0.2) is 41.7 Å². The number of benzene rings is 1. The molecule has 0 spiro atoms. The summed E-state index contributed by atoms with van der Waals surface area (Å²) in [5, 5.41) is 10.5. The van der Waals surface area contributed by atoms with E-state index in [-0.39, 0.29) is 30.0 Å². The Balaban J connectivity index is 0.00000364. The topological polar surface area (TPSA) is 54.2 Å². The molecular weight excluding hydrogens is 470 g/mol. The van der Waals surface area contributed by atoms with Crippen LogP contribution in [0.5, 0.6) is 0 Å². The molecule has 1 heterocycles. The minimum Gasteiger partial charge on any atom is -0.357 e. The number of nitrogens with one attached hydrogen (secondary N) is 2. The molecule has 2 N–H and O–H groups in total. The molecule has 0 radical (unpaired) electrons. The van der Waals surface area contributed by atoms with E-state index in [1.165, 1.54) is 6.07 Å². The van der Waals surface area contributed by atoms with Crippen molar-refractivity contribution in [3.05, 3.63) is 53.3 Å². The number of nitrogens with zero attached hydrogens (tertiary/aromatic N) is 3. The Bertz CT molecular complexity index is 743. The van der Waals surface area contributed by atoms with E-state index in [2.05, 4.69) is 20.7 Å². The molecule has 0 aliphatic rings. The molecule has 0 saturated heterocycles. The van der Waals surface area contributed by atoms with Gasteiger partial charge in [0.2, 0.25) is 0 Å². The van der Waals surface area contributed by atoms with Gasteiger partial charge in [0, 0.05) is 12.7 Å². The molecule has 150 valence electrons. The summed E-state index contributed by atoms with van der Waals surface area (Å²) in [6, 6.07) is 5.00. The Kier molecular flexibility index (Phi) is 9.07. The third-order valence-corrected chi connectivity index (χ3v) is 3.77. The fourth-order valence-corrected chi connectivity index (χ4v) is 2.45. The number of aryl methyl sites for hydroxylation is 1. The van der Waals surface area contributed by atoms with Crippen LogP contribution in [0.25, 0.3) is 0 Å². The van der Waals surface area contributed by atoms with Crippen molar-refractivity contribution in [3.63, 3.8) is 0 Å². The average Bonchev–Trinajstić information content (AvgIpc) is 2.99. The van der Waals surface area contributed by atoms with Crippen molar-refractivity contribution in [1.29, 1.82) is 0 Å². The largest absolute Gasteiger partial charge is 0.416 e. The van der Waals surface area contributed by atoms with Crippen LogP contribution in [0.3, 0.4) is 0 Å². The lowest BCUT2D eigenvalue weighted by Gasteiger charge is -2.19. The molecule has 1 unspecified atom stereocenters. The summed E-state index contributed by atoms with van der Waals surface area (Å²) in [5.41, 5.74) is 0.977. The fourth-order valence-electron chi connectivity index (χ4n) is 2.45. The molecule has 1 aromatic heterocycles. The molecule has 0 fully saturated rings. The molecule has 1 aromatic carbocycles. The summed E-state index contributed by atoms with van der Waals surface area (Å²) in [4.78, 5) is 4.47. The monoisotopic (exact) mass is 495 g/mol. The summed E-state index contributed by atoms with van der Waals surface area (Å²) in [6.07, 6.45) is -0.639. The third-order valence-electron chi connectivity index (χ3n) is 3.77. The quantitative estimate of drug-likeness (QED) is 0.360. The zero-order chi connectivity index (χ0) is 19.2. The Hall–Kier alpha value is -1.78. The zero-order valence-corrected chi connectivity index (χ0v) is 17.9. The van der Waals surface area contributed by atoms with Crippen molar-refractivity contribution >= 4 is 29.9 Å². The second kappa shape index (κ2) is 10.5. The maximum atomic E-state index is 12.9. The first-order chi connectivity index (χ1) is 12.3. The fraction of sp³-hybridized carbons (Fsp3) is 0.444. The van der Waals surface area contributed by atoms with Crippen molar-refractivity contribution < 1.29 is 13.2 Å². The SMILES string of the molecule is CCNC(=NCCn1cc(C)cn1)NC(C)c1cccc(C(F)(F)F)c1.I. The van der Waals surface area contributed by atoms with Crippen molar-refractivity contribution in [2.75, 3.05) is 13.1 Å². The van der Waals surface area contributed by atoms with Gasteiger partial charge < -0.3 is 10.6 Å². The van der Waals surface area contributed by atoms with Crippen LogP contribution in [0.2, 0.25) is 0 Å². The van der Waals surface area contributed by atoms with E-state index in [4.69, 9.17) is 0 Å². The second-order valence-corrected chi connectivity index (χ2v) is 6.03. The molecule has 2 aromatic rings. The third kappa shape index (κ3) is 7.39. The van der Waals surface area contributed by atoms with Gasteiger partial charge in [0.15, 0.2) is 5.96 Å². The molecule has 1 atom stereocenters. The molecule has 0 aliphatic heterocycles. The molecule has 27 heavy (non-hydrogen) atoms. The molecule has 0 amide bonds. The number of aliphatic imine (C=N–C) groups is 1. The number of guanidine groups is 1. The highest BCUT2D eigenvalue weighted by molar-refractivity contribution is 14.0. The van der Waals surface area contributed by atoms with Gasteiger partial charge in [-0.05, 0) is 44.0 Å². The zero-order valence-electron chi connectivity index (χ0n) is 15.5. The summed E-state index contributed by atoms with van der Waals surface area (Å²) in [6.45, 7) is 7.49. The van der Waals surface area contributed by atoms with Crippen LogP contribution in [0.1, 0.15) is 36.6 Å². The van der Waals surface area contributed by atoms with Crippen LogP contribution >= 0.6 is 24.0 Å². The summed E-state index contributed by atoms with van der Waals surface area (Å²) >= 11 is 0. The van der Waals surface area contributed by atoms with Gasteiger partial charge in [0.05, 0.1) is 30.9 Å². The maximum Gasteiger partial charge on any atom is 0.416 e. The first-order valence-corrected chi connectivity index (χ1v) is 8.50. The number of alkyl halides is 3. The van der Waals surface area contributed by atoms with Gasteiger partial charge in [0.1, 0.15) is 0 Å². The van der Waals surface area contributed by atoms with Gasteiger partial charge in [-0.3, -0.25) is 9.67 Å². The minimum atomic E-state index is -4.35. The van der Waals surface area contributed by atoms with E-state index >= 15 is 0 Å². The number of halogens is 4. The van der Waals surface area contributed by atoms with Crippen LogP contribution in [-0.4, -0.2) is 28.8 Å². The molecule has 0 bridgehead atoms. The molecule has 2 rings (SSSR count). The lowest BCUT2D eigenvalue weighted by Crippen LogP contribution is -2.39. The number of rotatable bonds is 6. The minimum absolute atomic E-state index is 0. The second-order valence-electron chi connectivity index (χ2n) is 6.03. The van der Waals surface area contributed by atoms with Crippen LogP contribution in [-0.2, 0) is 12.7 Å². The van der Waals surface area contributed by atoms with Crippen molar-refractivity contribution in [3.8, 4) is 0 Å². The Morgan fingerprint density at radius 2 is 2.07 bits per heavy atom. The molecule has 5 nitrogen and oxygen atoms in total. The van der Waals surface area contributed by atoms with E-state index < -0.39 is 11.7 Å². The molecule has 9 heteroatoms. The van der Waals surface area contributed by atoms with Crippen molar-refractivity contribution in [2.45, 2.75) is 39.5 Å². The highest BCUT2D eigenvalue weighted by Gasteiger charge is 2.30. The van der Waals surface area contributed by atoms with Crippen molar-refractivity contribution in [2.24, 2.45) is 4.99 Å². The van der Waals surface area contributed by atoms with E-state index in [1.54, 1.807) is 23.9 Å². The number of aromatic nitrogens is 2. The van der Waals surface area contributed by atoms with Gasteiger partial charge in [-0.2, -0.15) is 18.3 Å².